The molecule has 1 amide bonds. The number of nitrogens with one attached hydrogen (secondary N) is 1. The van der Waals surface area contributed by atoms with Crippen LogP contribution in [0.4, 0.5) is 11.8 Å². The summed E-state index contributed by atoms with van der Waals surface area (Å²) in [6, 6.07) is 3.82. The number of pyridine rings is 1. The van der Waals surface area contributed by atoms with E-state index in [4.69, 9.17) is 5.73 Å². The first-order chi connectivity index (χ1) is 13.1. The number of carbonyl (C=O) groups excluding carboxylic acids is 1. The van der Waals surface area contributed by atoms with E-state index in [2.05, 4.69) is 38.5 Å². The fraction of sp³-hybridized carbons (Fsp3) is 0.333. The van der Waals surface area contributed by atoms with Gasteiger partial charge >= 0.3 is 0 Å². The molecule has 0 bridgehead atoms. The zero-order valence-electron chi connectivity index (χ0n) is 15.4. The van der Waals surface area contributed by atoms with Gasteiger partial charge in [0.15, 0.2) is 0 Å². The van der Waals surface area contributed by atoms with Crippen LogP contribution in [0, 0.1) is 18.3 Å². The minimum absolute atomic E-state index is 0.0763. The Morgan fingerprint density at radius 3 is 2.52 bits per heavy atom. The Balaban J connectivity index is 1.48. The predicted octanol–water partition coefficient (Wildman–Crippen LogP) is 3.53. The van der Waals surface area contributed by atoms with Gasteiger partial charge in [-0.3, -0.25) is 4.79 Å². The summed E-state index contributed by atoms with van der Waals surface area (Å²) in [4.78, 5) is 25.5. The minimum atomic E-state index is -0.345. The lowest BCUT2D eigenvalue weighted by molar-refractivity contribution is -0.133. The average molecular weight is 361 g/mol. The molecule has 6 heteroatoms. The Morgan fingerprint density at radius 1 is 1.19 bits per heavy atom. The maximum Gasteiger partial charge on any atom is 0.232 e. The number of anilines is 2. The zero-order valence-corrected chi connectivity index (χ0v) is 15.4. The van der Waals surface area contributed by atoms with Crippen LogP contribution in [0.2, 0.25) is 0 Å². The summed E-state index contributed by atoms with van der Waals surface area (Å²) in [7, 11) is 0. The number of carbonyl (C=O) groups is 1. The molecule has 4 rings (SSSR count). The highest BCUT2D eigenvalue weighted by atomic mass is 16.2. The molecule has 2 heterocycles. The molecule has 2 aromatic rings. The number of nitrogens with two attached hydrogens (primary N) is 1. The van der Waals surface area contributed by atoms with Crippen LogP contribution in [0.15, 0.2) is 49.0 Å². The first-order valence-corrected chi connectivity index (χ1v) is 9.27. The molecule has 0 spiro atoms. The van der Waals surface area contributed by atoms with Gasteiger partial charge in [-0.2, -0.15) is 0 Å². The second kappa shape index (κ2) is 6.95. The lowest BCUT2D eigenvalue weighted by Gasteiger charge is -2.45. The quantitative estimate of drug-likeness (QED) is 0.869. The molecule has 0 aliphatic heterocycles. The third kappa shape index (κ3) is 3.35. The standard InChI is InChI=1S/C21H23N5O/c1-14-3-8-18(23-11-14)26-19(27)21(9-2-10-21)17-6-4-15(5-7-17)16-12-24-20(22)25-13-16/h3-6,8,11-13,17H,2,7,9-10H2,1H3,(H2,22,24,25)(H,23,26,27). The van der Waals surface area contributed by atoms with Crippen molar-refractivity contribution in [3.63, 3.8) is 0 Å². The number of amides is 1. The first-order valence-electron chi connectivity index (χ1n) is 9.27. The van der Waals surface area contributed by atoms with Gasteiger partial charge in [-0.05, 0) is 49.3 Å². The van der Waals surface area contributed by atoms with E-state index < -0.39 is 0 Å². The third-order valence-electron chi connectivity index (χ3n) is 5.67. The number of allylic oxidation sites excluding steroid dienone is 4. The van der Waals surface area contributed by atoms with Gasteiger partial charge in [0.05, 0.1) is 5.41 Å². The largest absolute Gasteiger partial charge is 0.368 e. The van der Waals surface area contributed by atoms with Gasteiger partial charge < -0.3 is 11.1 Å². The number of hydrogen-bond acceptors (Lipinski definition) is 5. The van der Waals surface area contributed by atoms with Gasteiger partial charge in [0, 0.05) is 24.2 Å². The number of hydrogen-bond donors (Lipinski definition) is 2. The summed E-state index contributed by atoms with van der Waals surface area (Å²) >= 11 is 0. The monoisotopic (exact) mass is 361 g/mol. The van der Waals surface area contributed by atoms with Crippen molar-refractivity contribution >= 4 is 23.2 Å². The Hall–Kier alpha value is -3.02. The summed E-state index contributed by atoms with van der Waals surface area (Å²) < 4.78 is 0. The molecule has 1 unspecified atom stereocenters. The first kappa shape index (κ1) is 17.4. The van der Waals surface area contributed by atoms with E-state index in [0.29, 0.717) is 5.82 Å². The van der Waals surface area contributed by atoms with Gasteiger partial charge in [-0.25, -0.2) is 15.0 Å². The van der Waals surface area contributed by atoms with Gasteiger partial charge in [0.2, 0.25) is 11.9 Å². The smallest absolute Gasteiger partial charge is 0.232 e. The van der Waals surface area contributed by atoms with Crippen molar-refractivity contribution in [2.24, 2.45) is 11.3 Å². The maximum absolute atomic E-state index is 13.1. The molecule has 1 fully saturated rings. The maximum atomic E-state index is 13.1. The summed E-state index contributed by atoms with van der Waals surface area (Å²) in [5, 5.41) is 3.02. The van der Waals surface area contributed by atoms with Crippen molar-refractivity contribution in [2.45, 2.75) is 32.6 Å². The van der Waals surface area contributed by atoms with Gasteiger partial charge in [0.1, 0.15) is 5.82 Å². The SMILES string of the molecule is Cc1ccc(NC(=O)C2(C3C=CC(c4cnc(N)nc4)=CC3)CCC2)nc1. The molecule has 3 N–H and O–H groups in total. The van der Waals surface area contributed by atoms with Crippen molar-refractivity contribution in [1.29, 1.82) is 0 Å². The van der Waals surface area contributed by atoms with Crippen molar-refractivity contribution in [1.82, 2.24) is 15.0 Å². The van der Waals surface area contributed by atoms with Gasteiger partial charge in [-0.1, -0.05) is 30.7 Å². The molecule has 2 aromatic heterocycles. The van der Waals surface area contributed by atoms with Crippen LogP contribution in [0.25, 0.3) is 5.57 Å². The normalized spacial score (nSPS) is 20.5. The van der Waals surface area contributed by atoms with Crippen molar-refractivity contribution in [3.05, 3.63) is 60.1 Å². The summed E-state index contributed by atoms with van der Waals surface area (Å²) in [6.07, 6.45) is 15.4. The number of aromatic nitrogens is 3. The van der Waals surface area contributed by atoms with Crippen LogP contribution in [0.5, 0.6) is 0 Å². The lowest BCUT2D eigenvalue weighted by Crippen LogP contribution is -2.47. The van der Waals surface area contributed by atoms with E-state index in [1.165, 1.54) is 0 Å². The zero-order chi connectivity index (χ0) is 18.9. The van der Waals surface area contributed by atoms with Crippen molar-refractivity contribution in [3.8, 4) is 0 Å². The number of nitrogens with zero attached hydrogens (tertiary/aromatic N) is 3. The summed E-state index contributed by atoms with van der Waals surface area (Å²) in [5.41, 5.74) is 8.30. The van der Waals surface area contributed by atoms with Crippen LogP contribution in [0.1, 0.15) is 36.8 Å². The number of nitrogen functional groups attached to an aromatic ring is 1. The second-order valence-corrected chi connectivity index (χ2v) is 7.38. The van der Waals surface area contributed by atoms with Crippen molar-refractivity contribution < 1.29 is 4.79 Å². The fourth-order valence-corrected chi connectivity index (χ4v) is 3.84. The van der Waals surface area contributed by atoms with Crippen LogP contribution in [-0.2, 0) is 4.79 Å². The molecular weight excluding hydrogens is 338 g/mol. The minimum Gasteiger partial charge on any atom is -0.368 e. The molecule has 2 aliphatic carbocycles. The molecular formula is C21H23N5O. The molecule has 2 aliphatic rings. The topological polar surface area (TPSA) is 93.8 Å². The van der Waals surface area contributed by atoms with Crippen LogP contribution in [0.3, 0.4) is 0 Å². The molecule has 6 nitrogen and oxygen atoms in total. The van der Waals surface area contributed by atoms with E-state index >= 15 is 0 Å². The van der Waals surface area contributed by atoms with Gasteiger partial charge in [0.25, 0.3) is 0 Å². The molecule has 0 saturated heterocycles. The Bertz CT molecular complexity index is 895. The molecule has 138 valence electrons. The van der Waals surface area contributed by atoms with E-state index in [-0.39, 0.29) is 23.2 Å². The second-order valence-electron chi connectivity index (χ2n) is 7.38. The third-order valence-corrected chi connectivity index (χ3v) is 5.67. The molecule has 1 saturated carbocycles. The highest BCUT2D eigenvalue weighted by Crippen LogP contribution is 2.51. The van der Waals surface area contributed by atoms with Crippen molar-refractivity contribution in [2.75, 3.05) is 11.1 Å². The highest BCUT2D eigenvalue weighted by Gasteiger charge is 2.49. The van der Waals surface area contributed by atoms with E-state index in [1.54, 1.807) is 18.6 Å². The Kier molecular flexibility index (Phi) is 4.48. The molecule has 1 atom stereocenters. The number of rotatable bonds is 4. The predicted molar refractivity (Wildman–Crippen MR) is 106 cm³/mol. The molecule has 0 aromatic carbocycles. The van der Waals surface area contributed by atoms with Crippen LogP contribution < -0.4 is 11.1 Å². The molecule has 0 radical (unpaired) electrons. The number of aryl methyl sites for hydroxylation is 1. The van der Waals surface area contributed by atoms with E-state index in [9.17, 15) is 4.79 Å². The summed E-state index contributed by atoms with van der Waals surface area (Å²) in [6.45, 7) is 1.98. The lowest BCUT2D eigenvalue weighted by atomic mass is 9.58. The average Bonchev–Trinajstić information content (AvgIpc) is 2.64. The highest BCUT2D eigenvalue weighted by molar-refractivity contribution is 5.95. The Labute approximate surface area is 158 Å². The molecule has 27 heavy (non-hydrogen) atoms. The van der Waals surface area contributed by atoms with E-state index in [1.807, 2.05) is 19.1 Å². The van der Waals surface area contributed by atoms with E-state index in [0.717, 1.165) is 42.4 Å². The van der Waals surface area contributed by atoms with Crippen LogP contribution >= 0.6 is 0 Å². The fourth-order valence-electron chi connectivity index (χ4n) is 3.84. The Morgan fingerprint density at radius 2 is 1.96 bits per heavy atom. The summed E-state index contributed by atoms with van der Waals surface area (Å²) in [5.74, 6) is 1.15. The van der Waals surface area contributed by atoms with Crippen LogP contribution in [-0.4, -0.2) is 20.9 Å². The van der Waals surface area contributed by atoms with Gasteiger partial charge in [-0.15, -0.1) is 0 Å².